The summed E-state index contributed by atoms with van der Waals surface area (Å²) in [6.45, 7) is 3.91. The lowest BCUT2D eigenvalue weighted by atomic mass is 9.92. The van der Waals surface area contributed by atoms with Gasteiger partial charge in [-0.1, -0.05) is 12.1 Å². The first-order chi connectivity index (χ1) is 11.1. The minimum atomic E-state index is -0.0390. The molecule has 0 radical (unpaired) electrons. The second-order valence-corrected chi connectivity index (χ2v) is 5.93. The van der Waals surface area contributed by atoms with Crippen LogP contribution in [0.1, 0.15) is 47.1 Å². The molecule has 1 aromatic carbocycles. The molecule has 23 heavy (non-hydrogen) atoms. The van der Waals surface area contributed by atoms with E-state index in [2.05, 4.69) is 27.4 Å². The number of amides is 1. The molecule has 0 aliphatic rings. The topological polar surface area (TPSA) is 60.7 Å². The van der Waals surface area contributed by atoms with Crippen molar-refractivity contribution in [2.75, 3.05) is 0 Å². The molecular weight excluding hydrogens is 286 g/mol. The number of benzene rings is 1. The van der Waals surface area contributed by atoms with Crippen molar-refractivity contribution in [2.24, 2.45) is 0 Å². The lowest BCUT2D eigenvalue weighted by Gasteiger charge is -2.16. The van der Waals surface area contributed by atoms with Gasteiger partial charge in [-0.25, -0.2) is 0 Å². The first-order valence-corrected chi connectivity index (χ1v) is 7.82. The normalized spacial score (nSPS) is 11.1. The number of carbonyl (C=O) groups is 1. The Morgan fingerprint density at radius 3 is 1.91 bits per heavy atom. The van der Waals surface area contributed by atoms with E-state index in [-0.39, 0.29) is 17.9 Å². The second kappa shape index (κ2) is 6.57. The van der Waals surface area contributed by atoms with Gasteiger partial charge in [0.25, 0.3) is 5.91 Å². The highest BCUT2D eigenvalue weighted by molar-refractivity contribution is 5.94. The molecule has 0 atom stereocenters. The summed E-state index contributed by atoms with van der Waals surface area (Å²) in [7, 11) is 0. The number of nitrogens with one attached hydrogen (secondary N) is 3. The molecule has 0 spiro atoms. The van der Waals surface area contributed by atoms with Crippen LogP contribution in [0.3, 0.4) is 0 Å². The maximum Gasteiger partial charge on any atom is 0.251 e. The highest BCUT2D eigenvalue weighted by Crippen LogP contribution is 2.29. The molecule has 0 aliphatic carbocycles. The van der Waals surface area contributed by atoms with Gasteiger partial charge in [0.15, 0.2) is 0 Å². The average molecular weight is 307 g/mol. The van der Waals surface area contributed by atoms with Crippen molar-refractivity contribution in [3.63, 3.8) is 0 Å². The predicted molar refractivity (Wildman–Crippen MR) is 91.6 cm³/mol. The fraction of sp³-hybridized carbons (Fsp3) is 0.211. The van der Waals surface area contributed by atoms with Crippen molar-refractivity contribution in [3.05, 3.63) is 83.4 Å². The summed E-state index contributed by atoms with van der Waals surface area (Å²) >= 11 is 0. The van der Waals surface area contributed by atoms with Gasteiger partial charge in [0.1, 0.15) is 0 Å². The van der Waals surface area contributed by atoms with Crippen LogP contribution in [-0.2, 0) is 0 Å². The summed E-state index contributed by atoms with van der Waals surface area (Å²) in [4.78, 5) is 18.6. The lowest BCUT2D eigenvalue weighted by molar-refractivity contribution is 0.0943. The smallest absolute Gasteiger partial charge is 0.251 e. The van der Waals surface area contributed by atoms with Crippen molar-refractivity contribution in [2.45, 2.75) is 25.8 Å². The molecule has 118 valence electrons. The number of H-pyrrole nitrogens is 2. The van der Waals surface area contributed by atoms with E-state index >= 15 is 0 Å². The Kier molecular flexibility index (Phi) is 4.33. The standard InChI is InChI=1S/C19H21N3O/c1-13(2)22-19(23)15-9-7-14(8-10-15)18(16-5-3-11-20-16)17-6-4-12-21-17/h3-13,18,20-21H,1-2H3,(H,22,23). The van der Waals surface area contributed by atoms with Crippen LogP contribution in [0.4, 0.5) is 0 Å². The zero-order valence-electron chi connectivity index (χ0n) is 13.3. The van der Waals surface area contributed by atoms with Crippen LogP contribution >= 0.6 is 0 Å². The second-order valence-electron chi connectivity index (χ2n) is 5.93. The van der Waals surface area contributed by atoms with Crippen LogP contribution < -0.4 is 5.32 Å². The van der Waals surface area contributed by atoms with Crippen molar-refractivity contribution in [3.8, 4) is 0 Å². The molecule has 0 saturated carbocycles. The zero-order chi connectivity index (χ0) is 16.2. The van der Waals surface area contributed by atoms with Gasteiger partial charge in [-0.2, -0.15) is 0 Å². The van der Waals surface area contributed by atoms with Crippen molar-refractivity contribution in [1.82, 2.24) is 15.3 Å². The third kappa shape index (κ3) is 3.37. The van der Waals surface area contributed by atoms with Gasteiger partial charge in [0.2, 0.25) is 0 Å². The van der Waals surface area contributed by atoms with Crippen molar-refractivity contribution in [1.29, 1.82) is 0 Å². The molecule has 0 fully saturated rings. The maximum absolute atomic E-state index is 12.1. The Bertz CT molecular complexity index is 706. The molecule has 2 aromatic heterocycles. The molecule has 3 rings (SSSR count). The molecule has 3 aromatic rings. The van der Waals surface area contributed by atoms with Gasteiger partial charge in [0, 0.05) is 35.4 Å². The Morgan fingerprint density at radius 2 is 1.48 bits per heavy atom. The summed E-state index contributed by atoms with van der Waals surface area (Å²) in [6.07, 6.45) is 3.85. The number of aromatic amines is 2. The fourth-order valence-corrected chi connectivity index (χ4v) is 2.75. The van der Waals surface area contributed by atoms with Gasteiger partial charge in [0.05, 0.1) is 5.92 Å². The van der Waals surface area contributed by atoms with E-state index in [1.807, 2.05) is 62.6 Å². The van der Waals surface area contributed by atoms with E-state index in [0.29, 0.717) is 5.56 Å². The quantitative estimate of drug-likeness (QED) is 0.662. The highest BCUT2D eigenvalue weighted by atomic mass is 16.1. The monoisotopic (exact) mass is 307 g/mol. The Morgan fingerprint density at radius 1 is 0.913 bits per heavy atom. The van der Waals surface area contributed by atoms with E-state index in [0.717, 1.165) is 17.0 Å². The number of hydrogen-bond donors (Lipinski definition) is 3. The number of aromatic nitrogens is 2. The van der Waals surface area contributed by atoms with Gasteiger partial charge in [-0.05, 0) is 55.8 Å². The van der Waals surface area contributed by atoms with Crippen LogP contribution in [0.2, 0.25) is 0 Å². The molecule has 0 unspecified atom stereocenters. The molecule has 3 N–H and O–H groups in total. The molecule has 0 bridgehead atoms. The maximum atomic E-state index is 12.1. The van der Waals surface area contributed by atoms with Gasteiger partial charge in [-0.15, -0.1) is 0 Å². The van der Waals surface area contributed by atoms with E-state index in [9.17, 15) is 4.79 Å². The van der Waals surface area contributed by atoms with Crippen LogP contribution in [-0.4, -0.2) is 21.9 Å². The van der Waals surface area contributed by atoms with Gasteiger partial charge < -0.3 is 15.3 Å². The molecule has 0 aliphatic heterocycles. The van der Waals surface area contributed by atoms with E-state index in [1.165, 1.54) is 0 Å². The number of carbonyl (C=O) groups excluding carboxylic acids is 1. The molecule has 0 saturated heterocycles. The van der Waals surface area contributed by atoms with Crippen molar-refractivity contribution >= 4 is 5.91 Å². The molecule has 2 heterocycles. The lowest BCUT2D eigenvalue weighted by Crippen LogP contribution is -2.30. The predicted octanol–water partition coefficient (Wildman–Crippen LogP) is 3.66. The minimum Gasteiger partial charge on any atom is -0.364 e. The van der Waals surface area contributed by atoms with Crippen LogP contribution in [0.25, 0.3) is 0 Å². The highest BCUT2D eigenvalue weighted by Gasteiger charge is 2.18. The Balaban J connectivity index is 1.91. The van der Waals surface area contributed by atoms with Crippen LogP contribution in [0.5, 0.6) is 0 Å². The first-order valence-electron chi connectivity index (χ1n) is 7.82. The van der Waals surface area contributed by atoms with E-state index in [4.69, 9.17) is 0 Å². The summed E-state index contributed by atoms with van der Waals surface area (Å²) < 4.78 is 0. The minimum absolute atomic E-state index is 0.0390. The first kappa shape index (κ1) is 15.2. The summed E-state index contributed by atoms with van der Waals surface area (Å²) in [5, 5.41) is 2.91. The van der Waals surface area contributed by atoms with Crippen LogP contribution in [0, 0.1) is 0 Å². The Hall–Kier alpha value is -2.75. The summed E-state index contributed by atoms with van der Waals surface area (Å²) in [6, 6.07) is 16.1. The third-order valence-electron chi connectivity index (χ3n) is 3.79. The van der Waals surface area contributed by atoms with Gasteiger partial charge in [-0.3, -0.25) is 4.79 Å². The third-order valence-corrected chi connectivity index (χ3v) is 3.79. The largest absolute Gasteiger partial charge is 0.364 e. The number of hydrogen-bond acceptors (Lipinski definition) is 1. The van der Waals surface area contributed by atoms with Crippen LogP contribution in [0.15, 0.2) is 60.9 Å². The summed E-state index contributed by atoms with van der Waals surface area (Å²) in [5.74, 6) is 0.0602. The van der Waals surface area contributed by atoms with E-state index < -0.39 is 0 Å². The zero-order valence-corrected chi connectivity index (χ0v) is 13.3. The Labute approximate surface area is 136 Å². The molecular formula is C19H21N3O. The molecule has 1 amide bonds. The fourth-order valence-electron chi connectivity index (χ4n) is 2.75. The average Bonchev–Trinajstić information content (AvgIpc) is 3.21. The van der Waals surface area contributed by atoms with E-state index in [1.54, 1.807) is 0 Å². The molecule has 4 nitrogen and oxygen atoms in total. The van der Waals surface area contributed by atoms with Crippen molar-refractivity contribution < 1.29 is 4.79 Å². The molecule has 4 heteroatoms. The number of rotatable bonds is 5. The SMILES string of the molecule is CC(C)NC(=O)c1ccc(C(c2ccc[nH]2)c2ccc[nH]2)cc1. The van der Waals surface area contributed by atoms with Gasteiger partial charge >= 0.3 is 0 Å². The summed E-state index contributed by atoms with van der Waals surface area (Å²) in [5.41, 5.74) is 4.05.